The molecule has 0 fully saturated rings. The number of halogens is 1. The highest BCUT2D eigenvalue weighted by Gasteiger charge is 2.06. The molecule has 4 heteroatoms. The van der Waals surface area contributed by atoms with Gasteiger partial charge in [-0.2, -0.15) is 0 Å². The second-order valence-electron chi connectivity index (χ2n) is 4.47. The van der Waals surface area contributed by atoms with Gasteiger partial charge in [0.25, 0.3) is 5.56 Å². The molecule has 0 saturated heterocycles. The van der Waals surface area contributed by atoms with Crippen LogP contribution in [-0.4, -0.2) is 12.1 Å². The van der Waals surface area contributed by atoms with Gasteiger partial charge in [0.2, 0.25) is 0 Å². The molecule has 0 unspecified atom stereocenters. The van der Waals surface area contributed by atoms with Crippen LogP contribution < -0.4 is 10.3 Å². The summed E-state index contributed by atoms with van der Waals surface area (Å²) in [5, 5.41) is 0.946. The van der Waals surface area contributed by atoms with E-state index in [-0.39, 0.29) is 5.56 Å². The van der Waals surface area contributed by atoms with Crippen LogP contribution in [0.2, 0.25) is 0 Å². The van der Waals surface area contributed by atoms with Crippen molar-refractivity contribution in [2.45, 2.75) is 0 Å². The van der Waals surface area contributed by atoms with Crippen LogP contribution in [0.3, 0.4) is 0 Å². The fourth-order valence-corrected chi connectivity index (χ4v) is 2.42. The van der Waals surface area contributed by atoms with Crippen LogP contribution in [0.4, 0.5) is 0 Å². The van der Waals surface area contributed by atoms with Gasteiger partial charge in [-0.1, -0.05) is 28.1 Å². The molecule has 3 rings (SSSR count). The summed E-state index contributed by atoms with van der Waals surface area (Å²) in [7, 11) is 1.63. The number of aromatic nitrogens is 1. The molecule has 1 heterocycles. The van der Waals surface area contributed by atoms with Crippen LogP contribution in [-0.2, 0) is 0 Å². The first-order chi connectivity index (χ1) is 9.67. The van der Waals surface area contributed by atoms with Gasteiger partial charge in [0, 0.05) is 20.9 Å². The monoisotopic (exact) mass is 329 g/mol. The summed E-state index contributed by atoms with van der Waals surface area (Å²) in [6.45, 7) is 0. The molecule has 100 valence electrons. The highest BCUT2D eigenvalue weighted by atomic mass is 79.9. The van der Waals surface area contributed by atoms with Gasteiger partial charge < -0.3 is 9.72 Å². The largest absolute Gasteiger partial charge is 0.497 e. The number of pyridine rings is 1. The van der Waals surface area contributed by atoms with Crippen molar-refractivity contribution in [1.82, 2.24) is 4.98 Å². The second kappa shape index (κ2) is 5.13. The highest BCUT2D eigenvalue weighted by Crippen LogP contribution is 2.24. The number of hydrogen-bond acceptors (Lipinski definition) is 2. The van der Waals surface area contributed by atoms with E-state index >= 15 is 0 Å². The Morgan fingerprint density at radius 1 is 1.05 bits per heavy atom. The molecule has 0 amide bonds. The molecule has 0 atom stereocenters. The molecule has 1 N–H and O–H groups in total. The van der Waals surface area contributed by atoms with Gasteiger partial charge in [0.1, 0.15) is 5.75 Å². The number of nitrogens with one attached hydrogen (secondary N) is 1. The van der Waals surface area contributed by atoms with E-state index < -0.39 is 0 Å². The maximum Gasteiger partial charge on any atom is 0.256 e. The molecule has 0 aliphatic heterocycles. The Bertz CT molecular complexity index is 822. The van der Waals surface area contributed by atoms with Crippen molar-refractivity contribution in [1.29, 1.82) is 0 Å². The molecule has 20 heavy (non-hydrogen) atoms. The smallest absolute Gasteiger partial charge is 0.256 e. The number of fused-ring (bicyclic) bond motifs is 1. The molecular weight excluding hydrogens is 318 g/mol. The Labute approximate surface area is 124 Å². The first kappa shape index (κ1) is 12.9. The van der Waals surface area contributed by atoms with Gasteiger partial charge in [-0.15, -0.1) is 0 Å². The van der Waals surface area contributed by atoms with E-state index in [4.69, 9.17) is 4.74 Å². The minimum atomic E-state index is -0.0926. The van der Waals surface area contributed by atoms with E-state index in [1.807, 2.05) is 48.5 Å². The van der Waals surface area contributed by atoms with E-state index in [0.717, 1.165) is 26.7 Å². The molecule has 1 aromatic heterocycles. The number of H-pyrrole nitrogens is 1. The zero-order valence-corrected chi connectivity index (χ0v) is 12.4. The first-order valence-electron chi connectivity index (χ1n) is 6.14. The van der Waals surface area contributed by atoms with Gasteiger partial charge in [0.05, 0.1) is 7.11 Å². The molecule has 2 aromatic carbocycles. The van der Waals surface area contributed by atoms with Gasteiger partial charge in [-0.25, -0.2) is 0 Å². The highest BCUT2D eigenvalue weighted by molar-refractivity contribution is 9.10. The number of methoxy groups -OCH3 is 1. The van der Waals surface area contributed by atoms with Crippen LogP contribution in [0.5, 0.6) is 5.75 Å². The molecule has 3 aromatic rings. The average Bonchev–Trinajstić information content (AvgIpc) is 2.47. The fourth-order valence-electron chi connectivity index (χ4n) is 2.16. The van der Waals surface area contributed by atoms with Crippen molar-refractivity contribution in [2.24, 2.45) is 0 Å². The summed E-state index contributed by atoms with van der Waals surface area (Å²) in [6.07, 6.45) is 0. The maximum absolute atomic E-state index is 12.2. The number of rotatable bonds is 2. The van der Waals surface area contributed by atoms with Crippen molar-refractivity contribution in [3.8, 4) is 16.9 Å². The van der Waals surface area contributed by atoms with Gasteiger partial charge in [-0.3, -0.25) is 4.79 Å². The molecule has 0 aliphatic carbocycles. The normalized spacial score (nSPS) is 10.7. The maximum atomic E-state index is 12.2. The quantitative estimate of drug-likeness (QED) is 0.773. The van der Waals surface area contributed by atoms with E-state index in [2.05, 4.69) is 20.9 Å². The third kappa shape index (κ3) is 2.34. The SMILES string of the molecule is COc1ccc2[nH]c(=O)c(-c3ccc(Br)cc3)cc2c1. The van der Waals surface area contributed by atoms with E-state index in [9.17, 15) is 4.79 Å². The summed E-state index contributed by atoms with van der Waals surface area (Å²) in [5.74, 6) is 0.770. The average molecular weight is 330 g/mol. The van der Waals surface area contributed by atoms with Gasteiger partial charge in [0.15, 0.2) is 0 Å². The molecule has 0 saturated carbocycles. The minimum absolute atomic E-state index is 0.0926. The van der Waals surface area contributed by atoms with Crippen molar-refractivity contribution in [3.63, 3.8) is 0 Å². The Morgan fingerprint density at radius 2 is 1.80 bits per heavy atom. The predicted molar refractivity (Wildman–Crippen MR) is 84.3 cm³/mol. The summed E-state index contributed by atoms with van der Waals surface area (Å²) in [6, 6.07) is 15.2. The lowest BCUT2D eigenvalue weighted by Gasteiger charge is -2.06. The Hall–Kier alpha value is -2.07. The molecule has 0 radical (unpaired) electrons. The lowest BCUT2D eigenvalue weighted by atomic mass is 10.1. The number of aromatic amines is 1. The fraction of sp³-hybridized carbons (Fsp3) is 0.0625. The molecule has 0 aliphatic rings. The van der Waals surface area contributed by atoms with Crippen molar-refractivity contribution in [2.75, 3.05) is 7.11 Å². The Kier molecular flexibility index (Phi) is 3.32. The minimum Gasteiger partial charge on any atom is -0.497 e. The summed E-state index contributed by atoms with van der Waals surface area (Å²) >= 11 is 3.39. The number of hydrogen-bond donors (Lipinski definition) is 1. The van der Waals surface area contributed by atoms with Crippen LogP contribution in [0.1, 0.15) is 0 Å². The summed E-state index contributed by atoms with van der Waals surface area (Å²) in [5.41, 5.74) is 2.25. The van der Waals surface area contributed by atoms with Crippen LogP contribution in [0, 0.1) is 0 Å². The summed E-state index contributed by atoms with van der Waals surface area (Å²) < 4.78 is 6.20. The second-order valence-corrected chi connectivity index (χ2v) is 5.39. The van der Waals surface area contributed by atoms with Gasteiger partial charge >= 0.3 is 0 Å². The zero-order valence-electron chi connectivity index (χ0n) is 10.8. The van der Waals surface area contributed by atoms with Crippen LogP contribution in [0.15, 0.2) is 57.8 Å². The summed E-state index contributed by atoms with van der Waals surface area (Å²) in [4.78, 5) is 15.1. The number of benzene rings is 2. The van der Waals surface area contributed by atoms with Crippen molar-refractivity contribution in [3.05, 3.63) is 63.4 Å². The van der Waals surface area contributed by atoms with Gasteiger partial charge in [-0.05, 0) is 42.0 Å². The Morgan fingerprint density at radius 3 is 2.50 bits per heavy atom. The molecule has 0 bridgehead atoms. The lowest BCUT2D eigenvalue weighted by Crippen LogP contribution is -2.08. The lowest BCUT2D eigenvalue weighted by molar-refractivity contribution is 0.415. The Balaban J connectivity index is 2.22. The predicted octanol–water partition coefficient (Wildman–Crippen LogP) is 3.97. The van der Waals surface area contributed by atoms with Crippen molar-refractivity contribution >= 4 is 26.8 Å². The zero-order chi connectivity index (χ0) is 14.1. The first-order valence-corrected chi connectivity index (χ1v) is 6.94. The standard InChI is InChI=1S/C16H12BrNO2/c1-20-13-6-7-15-11(8-13)9-14(16(19)18-15)10-2-4-12(17)5-3-10/h2-9H,1H3,(H,18,19). The third-order valence-corrected chi connectivity index (χ3v) is 3.74. The van der Waals surface area contributed by atoms with Crippen molar-refractivity contribution < 1.29 is 4.74 Å². The number of ether oxygens (including phenoxy) is 1. The third-order valence-electron chi connectivity index (χ3n) is 3.21. The molecular formula is C16H12BrNO2. The van der Waals surface area contributed by atoms with E-state index in [1.165, 1.54) is 0 Å². The molecule has 0 spiro atoms. The van der Waals surface area contributed by atoms with E-state index in [1.54, 1.807) is 7.11 Å². The topological polar surface area (TPSA) is 42.1 Å². The van der Waals surface area contributed by atoms with Crippen LogP contribution in [0.25, 0.3) is 22.0 Å². The molecule has 3 nitrogen and oxygen atoms in total. The van der Waals surface area contributed by atoms with E-state index in [0.29, 0.717) is 5.56 Å². The van der Waals surface area contributed by atoms with Crippen LogP contribution >= 0.6 is 15.9 Å².